The lowest BCUT2D eigenvalue weighted by Crippen LogP contribution is -2.17. The second kappa shape index (κ2) is 4.39. The van der Waals surface area contributed by atoms with Crippen molar-refractivity contribution in [2.24, 2.45) is 0 Å². The van der Waals surface area contributed by atoms with Gasteiger partial charge in [0.05, 0.1) is 11.4 Å². The van der Waals surface area contributed by atoms with Gasteiger partial charge in [-0.3, -0.25) is 4.79 Å². The molecule has 0 amide bonds. The van der Waals surface area contributed by atoms with E-state index >= 15 is 0 Å². The molecule has 0 unspecified atom stereocenters. The fourth-order valence-electron chi connectivity index (χ4n) is 0.955. The Labute approximate surface area is 82.4 Å². The largest absolute Gasteiger partial charge is 0.377 e. The summed E-state index contributed by atoms with van der Waals surface area (Å²) >= 11 is 1.49. The van der Waals surface area contributed by atoms with E-state index in [1.54, 1.807) is 7.05 Å². The van der Waals surface area contributed by atoms with Crippen molar-refractivity contribution < 1.29 is 4.79 Å². The van der Waals surface area contributed by atoms with E-state index in [1.807, 2.05) is 30.4 Å². The number of nitrogens with one attached hydrogen (secondary N) is 1. The number of anilines is 1. The van der Waals surface area contributed by atoms with Gasteiger partial charge in [-0.1, -0.05) is 0 Å². The Morgan fingerprint density at radius 2 is 2.31 bits per heavy atom. The first-order valence-electron chi connectivity index (χ1n) is 4.09. The van der Waals surface area contributed by atoms with Crippen molar-refractivity contribution in [2.75, 3.05) is 32.6 Å². The molecular formula is C9H14N2OS. The molecule has 1 aromatic rings. The Balaban J connectivity index is 2.73. The van der Waals surface area contributed by atoms with Gasteiger partial charge in [0.25, 0.3) is 0 Å². The van der Waals surface area contributed by atoms with E-state index in [0.29, 0.717) is 6.54 Å². The highest BCUT2D eigenvalue weighted by Crippen LogP contribution is 2.21. The lowest BCUT2D eigenvalue weighted by atomic mass is 10.3. The summed E-state index contributed by atoms with van der Waals surface area (Å²) < 4.78 is 0. The van der Waals surface area contributed by atoms with Gasteiger partial charge in [-0.05, 0) is 13.1 Å². The normalized spacial score (nSPS) is 10.1. The molecule has 0 aliphatic carbocycles. The van der Waals surface area contributed by atoms with E-state index < -0.39 is 0 Å². The topological polar surface area (TPSA) is 32.3 Å². The first-order valence-corrected chi connectivity index (χ1v) is 4.96. The molecule has 0 saturated carbocycles. The Morgan fingerprint density at radius 3 is 2.77 bits per heavy atom. The highest BCUT2D eigenvalue weighted by atomic mass is 32.1. The summed E-state index contributed by atoms with van der Waals surface area (Å²) in [7, 11) is 5.71. The van der Waals surface area contributed by atoms with Gasteiger partial charge in [0.1, 0.15) is 0 Å². The molecule has 0 saturated heterocycles. The van der Waals surface area contributed by atoms with Crippen molar-refractivity contribution in [2.45, 2.75) is 0 Å². The number of ketones is 1. The molecule has 1 heterocycles. The number of hydrogen-bond acceptors (Lipinski definition) is 4. The van der Waals surface area contributed by atoms with E-state index in [9.17, 15) is 4.79 Å². The molecule has 72 valence electrons. The maximum Gasteiger partial charge on any atom is 0.186 e. The minimum atomic E-state index is 0.153. The van der Waals surface area contributed by atoms with Gasteiger partial charge in [-0.2, -0.15) is 0 Å². The van der Waals surface area contributed by atoms with Crippen molar-refractivity contribution in [3.8, 4) is 0 Å². The lowest BCUT2D eigenvalue weighted by Gasteiger charge is -2.07. The predicted molar refractivity (Wildman–Crippen MR) is 56.9 cm³/mol. The molecule has 0 aromatic carbocycles. The highest BCUT2D eigenvalue weighted by molar-refractivity contribution is 7.12. The molecule has 1 rings (SSSR count). The van der Waals surface area contributed by atoms with Crippen LogP contribution in [0.4, 0.5) is 5.69 Å². The molecule has 1 aromatic heterocycles. The number of likely N-dealkylation sites (N-methyl/N-ethyl adjacent to an activating group) is 1. The lowest BCUT2D eigenvalue weighted by molar-refractivity contribution is 0.0997. The zero-order valence-electron chi connectivity index (χ0n) is 8.13. The smallest absolute Gasteiger partial charge is 0.186 e. The molecule has 4 heteroatoms. The maximum absolute atomic E-state index is 11.4. The van der Waals surface area contributed by atoms with Gasteiger partial charge in [0, 0.05) is 25.2 Å². The second-order valence-corrected chi connectivity index (χ2v) is 3.93. The molecule has 0 bridgehead atoms. The maximum atomic E-state index is 11.4. The standard InChI is InChI=1S/C9H14N2OS/c1-10-5-8(12)9-4-7(6-13-9)11(2)3/h4,6,10H,5H2,1-3H3. The fourth-order valence-corrected chi connectivity index (χ4v) is 1.87. The Kier molecular flexibility index (Phi) is 3.45. The fraction of sp³-hybridized carbons (Fsp3) is 0.444. The molecule has 0 fully saturated rings. The van der Waals surface area contributed by atoms with Crippen molar-refractivity contribution in [1.29, 1.82) is 0 Å². The Morgan fingerprint density at radius 1 is 1.62 bits per heavy atom. The third-order valence-corrected chi connectivity index (χ3v) is 2.67. The summed E-state index contributed by atoms with van der Waals surface area (Å²) in [5.74, 6) is 0.153. The van der Waals surface area contributed by atoms with Crippen LogP contribution in [0, 0.1) is 0 Å². The number of carbonyl (C=O) groups is 1. The molecule has 0 spiro atoms. The van der Waals surface area contributed by atoms with Crippen LogP contribution >= 0.6 is 11.3 Å². The summed E-state index contributed by atoms with van der Waals surface area (Å²) in [6.07, 6.45) is 0. The highest BCUT2D eigenvalue weighted by Gasteiger charge is 2.08. The summed E-state index contributed by atoms with van der Waals surface area (Å²) in [6, 6.07) is 1.92. The van der Waals surface area contributed by atoms with Crippen molar-refractivity contribution in [3.63, 3.8) is 0 Å². The van der Waals surface area contributed by atoms with E-state index in [4.69, 9.17) is 0 Å². The first-order chi connectivity index (χ1) is 6.15. The second-order valence-electron chi connectivity index (χ2n) is 3.02. The minimum Gasteiger partial charge on any atom is -0.377 e. The number of thiophene rings is 1. The molecule has 13 heavy (non-hydrogen) atoms. The predicted octanol–water partition coefficient (Wildman–Crippen LogP) is 1.22. The van der Waals surface area contributed by atoms with E-state index in [1.165, 1.54) is 11.3 Å². The van der Waals surface area contributed by atoms with Gasteiger partial charge < -0.3 is 10.2 Å². The number of nitrogens with zero attached hydrogens (tertiary/aromatic N) is 1. The zero-order valence-corrected chi connectivity index (χ0v) is 8.94. The average molecular weight is 198 g/mol. The van der Waals surface area contributed by atoms with Crippen LogP contribution in [0.25, 0.3) is 0 Å². The number of hydrogen-bond donors (Lipinski definition) is 1. The third kappa shape index (κ3) is 2.54. The SMILES string of the molecule is CNCC(=O)c1cc(N(C)C)cs1. The number of rotatable bonds is 4. The molecule has 3 nitrogen and oxygen atoms in total. The van der Waals surface area contributed by atoms with Crippen LogP contribution in [0.3, 0.4) is 0 Å². The van der Waals surface area contributed by atoms with Gasteiger partial charge in [0.2, 0.25) is 0 Å². The van der Waals surface area contributed by atoms with Crippen molar-refractivity contribution >= 4 is 22.8 Å². The van der Waals surface area contributed by atoms with E-state index in [2.05, 4.69) is 5.32 Å². The summed E-state index contributed by atoms with van der Waals surface area (Å²) in [6.45, 7) is 0.410. The summed E-state index contributed by atoms with van der Waals surface area (Å²) in [4.78, 5) is 14.2. The van der Waals surface area contributed by atoms with Crippen LogP contribution in [0.1, 0.15) is 9.67 Å². The first kappa shape index (κ1) is 10.2. The Bertz CT molecular complexity index is 294. The van der Waals surface area contributed by atoms with Crippen LogP contribution in [0.2, 0.25) is 0 Å². The average Bonchev–Trinajstić information content (AvgIpc) is 2.52. The van der Waals surface area contributed by atoms with Crippen LogP contribution in [-0.2, 0) is 0 Å². The summed E-state index contributed by atoms with van der Waals surface area (Å²) in [5, 5.41) is 4.84. The van der Waals surface area contributed by atoms with E-state index in [-0.39, 0.29) is 5.78 Å². The molecule has 0 aliphatic heterocycles. The quantitative estimate of drug-likeness (QED) is 0.738. The minimum absolute atomic E-state index is 0.153. The van der Waals surface area contributed by atoms with Crippen LogP contribution in [0.5, 0.6) is 0 Å². The zero-order chi connectivity index (χ0) is 9.84. The number of Topliss-reactive ketones (excluding diaryl/α,β-unsaturated/α-hetero) is 1. The van der Waals surface area contributed by atoms with Gasteiger partial charge in [0.15, 0.2) is 5.78 Å². The molecule has 0 radical (unpaired) electrons. The summed E-state index contributed by atoms with van der Waals surface area (Å²) in [5.41, 5.74) is 1.09. The van der Waals surface area contributed by atoms with Crippen LogP contribution < -0.4 is 10.2 Å². The molecule has 0 atom stereocenters. The number of carbonyl (C=O) groups excluding carboxylic acids is 1. The molecule has 0 aliphatic rings. The van der Waals surface area contributed by atoms with Gasteiger partial charge in [-0.25, -0.2) is 0 Å². The molecule has 1 N–H and O–H groups in total. The van der Waals surface area contributed by atoms with Crippen LogP contribution in [-0.4, -0.2) is 33.5 Å². The monoisotopic (exact) mass is 198 g/mol. The van der Waals surface area contributed by atoms with Gasteiger partial charge >= 0.3 is 0 Å². The van der Waals surface area contributed by atoms with Crippen molar-refractivity contribution in [3.05, 3.63) is 16.3 Å². The third-order valence-electron chi connectivity index (χ3n) is 1.71. The Hall–Kier alpha value is -0.870. The van der Waals surface area contributed by atoms with Crippen molar-refractivity contribution in [1.82, 2.24) is 5.32 Å². The van der Waals surface area contributed by atoms with Crippen LogP contribution in [0.15, 0.2) is 11.4 Å². The van der Waals surface area contributed by atoms with Gasteiger partial charge in [-0.15, -0.1) is 11.3 Å². The van der Waals surface area contributed by atoms with E-state index in [0.717, 1.165) is 10.6 Å². The molecular weight excluding hydrogens is 184 g/mol.